The Bertz CT molecular complexity index is 740. The molecule has 2 aromatic rings. The molecule has 0 saturated heterocycles. The van der Waals surface area contributed by atoms with E-state index in [1.165, 1.54) is 0 Å². The minimum absolute atomic E-state index is 0.0526. The number of hydrogen-bond acceptors (Lipinski definition) is 4. The third kappa shape index (κ3) is 3.43. The molecule has 0 aliphatic carbocycles. The molecule has 1 heterocycles. The number of carbonyl (C=O) groups excluding carboxylic acids is 1. The highest BCUT2D eigenvalue weighted by molar-refractivity contribution is 5.90. The lowest BCUT2D eigenvalue weighted by Crippen LogP contribution is -2.28. The van der Waals surface area contributed by atoms with Crippen LogP contribution < -0.4 is 9.47 Å². The van der Waals surface area contributed by atoms with Gasteiger partial charge in [0, 0.05) is 19.2 Å². The second-order valence-corrected chi connectivity index (χ2v) is 5.77. The number of benzene rings is 2. The maximum atomic E-state index is 11.9. The third-order valence-corrected chi connectivity index (χ3v) is 4.24. The van der Waals surface area contributed by atoms with Crippen LogP contribution in [-0.4, -0.2) is 24.9 Å². The second-order valence-electron chi connectivity index (χ2n) is 5.77. The summed E-state index contributed by atoms with van der Waals surface area (Å²) in [5.74, 6) is 1.58. The molecule has 2 aromatic carbocycles. The van der Waals surface area contributed by atoms with Crippen LogP contribution in [0.2, 0.25) is 0 Å². The van der Waals surface area contributed by atoms with Gasteiger partial charge in [0.15, 0.2) is 17.3 Å². The Morgan fingerprint density at radius 2 is 1.79 bits per heavy atom. The lowest BCUT2D eigenvalue weighted by atomic mass is 9.96. The minimum atomic E-state index is 0.0526. The summed E-state index contributed by atoms with van der Waals surface area (Å²) in [4.78, 5) is 14.1. The summed E-state index contributed by atoms with van der Waals surface area (Å²) in [5.41, 5.74) is 2.25. The molecule has 0 amide bonds. The lowest BCUT2D eigenvalue weighted by Gasteiger charge is -2.33. The van der Waals surface area contributed by atoms with Crippen molar-refractivity contribution in [3.63, 3.8) is 0 Å². The number of nitrogens with zero attached hydrogens (tertiary/aromatic N) is 1. The molecular weight excluding hydrogens is 302 g/mol. The molecule has 3 rings (SSSR count). The van der Waals surface area contributed by atoms with Crippen molar-refractivity contribution in [2.24, 2.45) is 0 Å². The Morgan fingerprint density at radius 1 is 1.04 bits per heavy atom. The van der Waals surface area contributed by atoms with Gasteiger partial charge < -0.3 is 14.4 Å². The molecule has 1 aliphatic heterocycles. The average Bonchev–Trinajstić information content (AvgIpc) is 2.63. The zero-order chi connectivity index (χ0) is 16.9. The topological polar surface area (TPSA) is 38.8 Å². The molecule has 0 aromatic heterocycles. The fourth-order valence-electron chi connectivity index (χ4n) is 3.00. The van der Waals surface area contributed by atoms with E-state index in [1.54, 1.807) is 20.3 Å². The zero-order valence-corrected chi connectivity index (χ0v) is 13.9. The number of carbonyl (C=O) groups is 1. The second kappa shape index (κ2) is 7.21. The summed E-state index contributed by atoms with van der Waals surface area (Å²) >= 11 is 0. The van der Waals surface area contributed by atoms with Gasteiger partial charge in [0.1, 0.15) is 0 Å². The molecule has 0 saturated carbocycles. The first kappa shape index (κ1) is 16.1. The van der Waals surface area contributed by atoms with Gasteiger partial charge in [-0.25, -0.2) is 0 Å². The van der Waals surface area contributed by atoms with Crippen LogP contribution in [0, 0.1) is 0 Å². The van der Waals surface area contributed by atoms with E-state index in [0.717, 1.165) is 11.1 Å². The summed E-state index contributed by atoms with van der Waals surface area (Å²) in [5, 5.41) is 0. The van der Waals surface area contributed by atoms with Crippen LogP contribution in [0.15, 0.2) is 60.8 Å². The summed E-state index contributed by atoms with van der Waals surface area (Å²) in [6.07, 6.45) is 4.04. The average molecular weight is 323 g/mol. The fourth-order valence-corrected chi connectivity index (χ4v) is 3.00. The molecular formula is C20H21NO3. The number of rotatable bonds is 5. The summed E-state index contributed by atoms with van der Waals surface area (Å²) in [7, 11) is 3.26. The van der Waals surface area contributed by atoms with Gasteiger partial charge in [-0.05, 0) is 29.3 Å². The smallest absolute Gasteiger partial charge is 0.161 e. The number of methoxy groups -OCH3 is 2. The third-order valence-electron chi connectivity index (χ3n) is 4.24. The zero-order valence-electron chi connectivity index (χ0n) is 13.9. The number of ketones is 1. The van der Waals surface area contributed by atoms with Crippen LogP contribution in [0.4, 0.5) is 0 Å². The van der Waals surface area contributed by atoms with Crippen LogP contribution in [0.1, 0.15) is 23.6 Å². The van der Waals surface area contributed by atoms with Crippen molar-refractivity contribution >= 4 is 5.78 Å². The van der Waals surface area contributed by atoms with Crippen LogP contribution in [-0.2, 0) is 11.3 Å². The largest absolute Gasteiger partial charge is 0.493 e. The minimum Gasteiger partial charge on any atom is -0.493 e. The van der Waals surface area contributed by atoms with E-state index in [4.69, 9.17) is 9.47 Å². The van der Waals surface area contributed by atoms with Crippen molar-refractivity contribution in [3.8, 4) is 11.5 Å². The van der Waals surface area contributed by atoms with E-state index < -0.39 is 0 Å². The van der Waals surface area contributed by atoms with E-state index in [0.29, 0.717) is 24.5 Å². The predicted molar refractivity (Wildman–Crippen MR) is 93.0 cm³/mol. The Kier molecular flexibility index (Phi) is 4.85. The fraction of sp³-hybridized carbons (Fsp3) is 0.250. The molecule has 4 heteroatoms. The van der Waals surface area contributed by atoms with Crippen molar-refractivity contribution in [3.05, 3.63) is 71.9 Å². The van der Waals surface area contributed by atoms with Crippen LogP contribution >= 0.6 is 0 Å². The monoisotopic (exact) mass is 323 g/mol. The molecule has 0 N–H and O–H groups in total. The van der Waals surface area contributed by atoms with Crippen molar-refractivity contribution in [2.45, 2.75) is 19.0 Å². The van der Waals surface area contributed by atoms with Gasteiger partial charge in [0.05, 0.1) is 20.3 Å². The number of hydrogen-bond donors (Lipinski definition) is 0. The molecule has 0 radical (unpaired) electrons. The maximum Gasteiger partial charge on any atom is 0.161 e. The van der Waals surface area contributed by atoms with Gasteiger partial charge in [-0.2, -0.15) is 0 Å². The Hall–Kier alpha value is -2.75. The molecule has 0 fully saturated rings. The molecule has 0 bridgehead atoms. The SMILES string of the molecule is COc1ccc(CN2C=CC(=O)CC2c2ccccc2)cc1OC. The van der Waals surface area contributed by atoms with E-state index in [2.05, 4.69) is 17.0 Å². The molecule has 1 unspecified atom stereocenters. The van der Waals surface area contributed by atoms with Crippen molar-refractivity contribution < 1.29 is 14.3 Å². The van der Waals surface area contributed by atoms with Crippen molar-refractivity contribution in [1.29, 1.82) is 0 Å². The van der Waals surface area contributed by atoms with Crippen LogP contribution in [0.5, 0.6) is 11.5 Å². The van der Waals surface area contributed by atoms with E-state index >= 15 is 0 Å². The van der Waals surface area contributed by atoms with Crippen molar-refractivity contribution in [2.75, 3.05) is 14.2 Å². The van der Waals surface area contributed by atoms with E-state index in [-0.39, 0.29) is 11.8 Å². The standard InChI is InChI=1S/C20H21NO3/c1-23-19-9-8-15(12-20(19)24-2)14-21-11-10-17(22)13-18(21)16-6-4-3-5-7-16/h3-12,18H,13-14H2,1-2H3. The van der Waals surface area contributed by atoms with Gasteiger partial charge in [-0.1, -0.05) is 36.4 Å². The van der Waals surface area contributed by atoms with Crippen LogP contribution in [0.25, 0.3) is 0 Å². The molecule has 24 heavy (non-hydrogen) atoms. The molecule has 124 valence electrons. The van der Waals surface area contributed by atoms with Gasteiger partial charge in [-0.3, -0.25) is 4.79 Å². The molecule has 4 nitrogen and oxygen atoms in total. The Morgan fingerprint density at radius 3 is 2.50 bits per heavy atom. The first-order valence-electron chi connectivity index (χ1n) is 7.94. The lowest BCUT2D eigenvalue weighted by molar-refractivity contribution is -0.116. The van der Waals surface area contributed by atoms with Gasteiger partial charge >= 0.3 is 0 Å². The molecule has 0 spiro atoms. The van der Waals surface area contributed by atoms with Gasteiger partial charge in [0.2, 0.25) is 0 Å². The number of allylic oxidation sites excluding steroid dienone is 1. The summed E-state index contributed by atoms with van der Waals surface area (Å²) in [6.45, 7) is 0.698. The summed E-state index contributed by atoms with van der Waals surface area (Å²) < 4.78 is 10.7. The van der Waals surface area contributed by atoms with E-state index in [1.807, 2.05) is 42.6 Å². The van der Waals surface area contributed by atoms with Crippen molar-refractivity contribution in [1.82, 2.24) is 4.90 Å². The highest BCUT2D eigenvalue weighted by atomic mass is 16.5. The predicted octanol–water partition coefficient (Wildman–Crippen LogP) is 3.73. The Balaban J connectivity index is 1.86. The highest BCUT2D eigenvalue weighted by Gasteiger charge is 2.24. The van der Waals surface area contributed by atoms with Gasteiger partial charge in [-0.15, -0.1) is 0 Å². The summed E-state index contributed by atoms with van der Waals surface area (Å²) in [6, 6.07) is 16.1. The first-order chi connectivity index (χ1) is 11.7. The molecule has 1 aliphatic rings. The maximum absolute atomic E-state index is 11.9. The van der Waals surface area contributed by atoms with Crippen LogP contribution in [0.3, 0.4) is 0 Å². The highest BCUT2D eigenvalue weighted by Crippen LogP contribution is 2.32. The molecule has 1 atom stereocenters. The van der Waals surface area contributed by atoms with Gasteiger partial charge in [0.25, 0.3) is 0 Å². The first-order valence-corrected chi connectivity index (χ1v) is 7.94. The quantitative estimate of drug-likeness (QED) is 0.840. The Labute approximate surface area is 142 Å². The van der Waals surface area contributed by atoms with E-state index in [9.17, 15) is 4.79 Å². The number of ether oxygens (including phenoxy) is 2. The normalized spacial score (nSPS) is 17.0.